The predicted molar refractivity (Wildman–Crippen MR) is 64.3 cm³/mol. The van der Waals surface area contributed by atoms with Gasteiger partial charge in [-0.05, 0) is 37.1 Å². The van der Waals surface area contributed by atoms with E-state index in [1.807, 2.05) is 18.2 Å². The van der Waals surface area contributed by atoms with E-state index >= 15 is 0 Å². The molecular formula is C13H17NO3. The summed E-state index contributed by atoms with van der Waals surface area (Å²) in [4.78, 5) is 10.6. The molecule has 17 heavy (non-hydrogen) atoms. The van der Waals surface area contributed by atoms with Crippen LogP contribution in [0.3, 0.4) is 0 Å². The van der Waals surface area contributed by atoms with Gasteiger partial charge in [0.1, 0.15) is 11.9 Å². The van der Waals surface area contributed by atoms with Gasteiger partial charge in [-0.2, -0.15) is 0 Å². The van der Waals surface area contributed by atoms with Crippen LogP contribution in [0.1, 0.15) is 18.4 Å². The van der Waals surface area contributed by atoms with Crippen molar-refractivity contribution >= 4 is 5.97 Å². The fraction of sp³-hybridized carbons (Fsp3) is 0.462. The van der Waals surface area contributed by atoms with E-state index in [0.717, 1.165) is 37.2 Å². The summed E-state index contributed by atoms with van der Waals surface area (Å²) in [6.45, 7) is 1.92. The highest BCUT2D eigenvalue weighted by Crippen LogP contribution is 2.17. The Labute approximate surface area is 101 Å². The number of ether oxygens (including phenoxy) is 1. The molecule has 0 bridgehead atoms. The smallest absolute Gasteiger partial charge is 0.307 e. The van der Waals surface area contributed by atoms with Gasteiger partial charge in [0.05, 0.1) is 6.42 Å². The Balaban J connectivity index is 1.97. The number of hydrogen-bond acceptors (Lipinski definition) is 3. The minimum absolute atomic E-state index is 0.0418. The molecule has 0 radical (unpaired) electrons. The third-order valence-corrected chi connectivity index (χ3v) is 2.81. The molecule has 1 aliphatic rings. The predicted octanol–water partition coefficient (Wildman–Crippen LogP) is 1.44. The summed E-state index contributed by atoms with van der Waals surface area (Å²) in [5, 5.41) is 12.0. The first-order chi connectivity index (χ1) is 8.24. The zero-order chi connectivity index (χ0) is 12.1. The van der Waals surface area contributed by atoms with Crippen molar-refractivity contribution in [2.24, 2.45) is 0 Å². The lowest BCUT2D eigenvalue weighted by atomic mass is 10.1. The Morgan fingerprint density at radius 3 is 3.12 bits per heavy atom. The van der Waals surface area contributed by atoms with Crippen molar-refractivity contribution in [3.63, 3.8) is 0 Å². The standard InChI is InChI=1S/C13H17NO3/c15-13(16)8-10-3-1-4-11(7-10)17-12-5-2-6-14-9-12/h1,3-4,7,12,14H,2,5-6,8-9H2,(H,15,16). The molecule has 0 aromatic heterocycles. The van der Waals surface area contributed by atoms with Crippen molar-refractivity contribution in [1.29, 1.82) is 0 Å². The summed E-state index contributed by atoms with van der Waals surface area (Å²) in [5.74, 6) is -0.0565. The molecule has 0 aliphatic carbocycles. The van der Waals surface area contributed by atoms with Gasteiger partial charge in [-0.15, -0.1) is 0 Å². The number of carbonyl (C=O) groups is 1. The quantitative estimate of drug-likeness (QED) is 0.829. The third kappa shape index (κ3) is 3.75. The Morgan fingerprint density at radius 1 is 1.53 bits per heavy atom. The van der Waals surface area contributed by atoms with E-state index in [1.165, 1.54) is 0 Å². The number of carboxylic acids is 1. The van der Waals surface area contributed by atoms with Gasteiger partial charge >= 0.3 is 5.97 Å². The Hall–Kier alpha value is -1.55. The lowest BCUT2D eigenvalue weighted by molar-refractivity contribution is -0.136. The molecule has 1 aromatic carbocycles. The van der Waals surface area contributed by atoms with Crippen LogP contribution in [-0.2, 0) is 11.2 Å². The molecule has 1 heterocycles. The van der Waals surface area contributed by atoms with Crippen LogP contribution in [0.4, 0.5) is 0 Å². The topological polar surface area (TPSA) is 58.6 Å². The fourth-order valence-electron chi connectivity index (χ4n) is 2.02. The van der Waals surface area contributed by atoms with Gasteiger partial charge in [-0.25, -0.2) is 0 Å². The second kappa shape index (κ2) is 5.68. The molecule has 0 spiro atoms. The van der Waals surface area contributed by atoms with E-state index in [9.17, 15) is 4.79 Å². The molecule has 4 heteroatoms. The summed E-state index contributed by atoms with van der Waals surface area (Å²) in [7, 11) is 0. The summed E-state index contributed by atoms with van der Waals surface area (Å²) < 4.78 is 5.82. The molecule has 0 amide bonds. The summed E-state index contributed by atoms with van der Waals surface area (Å²) in [6.07, 6.45) is 2.42. The minimum Gasteiger partial charge on any atom is -0.489 e. The SMILES string of the molecule is O=C(O)Cc1cccc(OC2CCCNC2)c1. The van der Waals surface area contributed by atoms with Crippen molar-refractivity contribution < 1.29 is 14.6 Å². The van der Waals surface area contributed by atoms with Crippen LogP contribution in [0, 0.1) is 0 Å². The van der Waals surface area contributed by atoms with Crippen LogP contribution in [0.5, 0.6) is 5.75 Å². The maximum atomic E-state index is 10.6. The Morgan fingerprint density at radius 2 is 2.41 bits per heavy atom. The molecule has 1 aromatic rings. The van der Waals surface area contributed by atoms with Crippen LogP contribution in [0.15, 0.2) is 24.3 Å². The Bertz CT molecular complexity index is 386. The number of rotatable bonds is 4. The maximum Gasteiger partial charge on any atom is 0.307 e. The highest BCUT2D eigenvalue weighted by atomic mass is 16.5. The van der Waals surface area contributed by atoms with Crippen LogP contribution in [0.25, 0.3) is 0 Å². The lowest BCUT2D eigenvalue weighted by Crippen LogP contribution is -2.37. The first-order valence-corrected chi connectivity index (χ1v) is 5.92. The van der Waals surface area contributed by atoms with Crippen molar-refractivity contribution in [3.8, 4) is 5.75 Å². The van der Waals surface area contributed by atoms with E-state index in [4.69, 9.17) is 9.84 Å². The fourth-order valence-corrected chi connectivity index (χ4v) is 2.02. The first kappa shape index (κ1) is 11.9. The summed E-state index contributed by atoms with van der Waals surface area (Å²) in [6, 6.07) is 7.33. The molecule has 1 aliphatic heterocycles. The van der Waals surface area contributed by atoms with Crippen LogP contribution in [0.2, 0.25) is 0 Å². The van der Waals surface area contributed by atoms with E-state index in [0.29, 0.717) is 0 Å². The molecule has 92 valence electrons. The average molecular weight is 235 g/mol. The second-order valence-electron chi connectivity index (χ2n) is 4.30. The average Bonchev–Trinajstić information content (AvgIpc) is 2.30. The van der Waals surface area contributed by atoms with Crippen molar-refractivity contribution in [1.82, 2.24) is 5.32 Å². The van der Waals surface area contributed by atoms with Gasteiger partial charge in [0.25, 0.3) is 0 Å². The largest absolute Gasteiger partial charge is 0.489 e. The zero-order valence-corrected chi connectivity index (χ0v) is 9.69. The minimum atomic E-state index is -0.818. The molecule has 1 unspecified atom stereocenters. The molecule has 0 saturated carbocycles. The molecule has 1 fully saturated rings. The second-order valence-corrected chi connectivity index (χ2v) is 4.30. The molecule has 4 nitrogen and oxygen atoms in total. The van der Waals surface area contributed by atoms with E-state index in [2.05, 4.69) is 5.32 Å². The van der Waals surface area contributed by atoms with Gasteiger partial charge in [-0.1, -0.05) is 12.1 Å². The van der Waals surface area contributed by atoms with Gasteiger partial charge in [-0.3, -0.25) is 4.79 Å². The van der Waals surface area contributed by atoms with Crippen LogP contribution in [-0.4, -0.2) is 30.3 Å². The molecular weight excluding hydrogens is 218 g/mol. The summed E-state index contributed by atoms with van der Waals surface area (Å²) >= 11 is 0. The van der Waals surface area contributed by atoms with E-state index in [1.54, 1.807) is 6.07 Å². The monoisotopic (exact) mass is 235 g/mol. The zero-order valence-electron chi connectivity index (χ0n) is 9.69. The molecule has 1 saturated heterocycles. The maximum absolute atomic E-state index is 10.6. The number of benzene rings is 1. The number of piperidine rings is 1. The van der Waals surface area contributed by atoms with E-state index in [-0.39, 0.29) is 12.5 Å². The van der Waals surface area contributed by atoms with Gasteiger partial charge in [0.15, 0.2) is 0 Å². The molecule has 2 rings (SSSR count). The third-order valence-electron chi connectivity index (χ3n) is 2.81. The van der Waals surface area contributed by atoms with E-state index < -0.39 is 5.97 Å². The van der Waals surface area contributed by atoms with Crippen molar-refractivity contribution in [2.75, 3.05) is 13.1 Å². The van der Waals surface area contributed by atoms with Gasteiger partial charge in [0, 0.05) is 6.54 Å². The first-order valence-electron chi connectivity index (χ1n) is 5.92. The number of carboxylic acid groups (broad SMARTS) is 1. The highest BCUT2D eigenvalue weighted by Gasteiger charge is 2.14. The van der Waals surface area contributed by atoms with Gasteiger partial charge in [0.2, 0.25) is 0 Å². The molecule has 1 atom stereocenters. The lowest BCUT2D eigenvalue weighted by Gasteiger charge is -2.24. The van der Waals surface area contributed by atoms with Crippen LogP contribution >= 0.6 is 0 Å². The Kier molecular flexibility index (Phi) is 3.98. The van der Waals surface area contributed by atoms with Gasteiger partial charge < -0.3 is 15.2 Å². The number of nitrogens with one attached hydrogen (secondary N) is 1. The van der Waals surface area contributed by atoms with Crippen LogP contribution < -0.4 is 10.1 Å². The van der Waals surface area contributed by atoms with Crippen molar-refractivity contribution in [3.05, 3.63) is 29.8 Å². The molecule has 2 N–H and O–H groups in total. The normalized spacial score (nSPS) is 19.9. The summed E-state index contributed by atoms with van der Waals surface area (Å²) in [5.41, 5.74) is 0.777. The number of aliphatic carboxylic acids is 1. The number of hydrogen-bond donors (Lipinski definition) is 2. The highest BCUT2D eigenvalue weighted by molar-refractivity contribution is 5.70. The van der Waals surface area contributed by atoms with Crippen molar-refractivity contribution in [2.45, 2.75) is 25.4 Å².